The summed E-state index contributed by atoms with van der Waals surface area (Å²) in [5.41, 5.74) is 1.30. The van der Waals surface area contributed by atoms with Crippen LogP contribution in [0.3, 0.4) is 0 Å². The van der Waals surface area contributed by atoms with E-state index in [4.69, 9.17) is 0 Å². The molecule has 3 atom stereocenters. The molecule has 0 radical (unpaired) electrons. The summed E-state index contributed by atoms with van der Waals surface area (Å²) in [5.74, 6) is -1.60. The first-order valence-electron chi connectivity index (χ1n) is 10.8. The summed E-state index contributed by atoms with van der Waals surface area (Å²) in [4.78, 5) is 31.2. The third-order valence-corrected chi connectivity index (χ3v) is 6.11. The molecular weight excluding hydrogens is 434 g/mol. The van der Waals surface area contributed by atoms with E-state index >= 15 is 0 Å². The second-order valence-corrected chi connectivity index (χ2v) is 8.52. The first-order chi connectivity index (χ1) is 16.2. The van der Waals surface area contributed by atoms with Crippen LogP contribution in [-0.4, -0.2) is 48.2 Å². The molecular formula is C25H25N5O4. The van der Waals surface area contributed by atoms with Gasteiger partial charge < -0.3 is 25.0 Å². The number of benzene rings is 1. The number of aromatic nitrogens is 2. The fourth-order valence-corrected chi connectivity index (χ4v) is 3.94. The quantitative estimate of drug-likeness (QED) is 0.513. The minimum absolute atomic E-state index is 0.210. The lowest BCUT2D eigenvalue weighted by atomic mass is 9.95. The van der Waals surface area contributed by atoms with Crippen molar-refractivity contribution >= 4 is 11.8 Å². The number of nitrogens with one attached hydrogen (secondary N) is 1. The minimum Gasteiger partial charge on any atom is -0.380 e. The van der Waals surface area contributed by atoms with Crippen molar-refractivity contribution in [3.63, 3.8) is 0 Å². The Bertz CT molecular complexity index is 1230. The van der Waals surface area contributed by atoms with Crippen molar-refractivity contribution in [2.45, 2.75) is 44.7 Å². The van der Waals surface area contributed by atoms with Crippen molar-refractivity contribution in [3.8, 4) is 11.8 Å². The van der Waals surface area contributed by atoms with E-state index in [0.717, 1.165) is 29.4 Å². The molecule has 0 saturated heterocycles. The minimum atomic E-state index is -2.33. The Labute approximate surface area is 196 Å². The first kappa shape index (κ1) is 23.2. The summed E-state index contributed by atoms with van der Waals surface area (Å²) in [6, 6.07) is 15.9. The van der Waals surface area contributed by atoms with Crippen molar-refractivity contribution in [2.24, 2.45) is 0 Å². The van der Waals surface area contributed by atoms with Crippen LogP contribution in [0.4, 0.5) is 0 Å². The summed E-state index contributed by atoms with van der Waals surface area (Å²) in [6.45, 7) is 3.32. The number of nitrogens with zero attached hydrogens (tertiary/aromatic N) is 4. The van der Waals surface area contributed by atoms with Crippen LogP contribution in [0, 0.1) is 11.3 Å². The molecule has 3 unspecified atom stereocenters. The number of nitriles is 1. The van der Waals surface area contributed by atoms with Gasteiger partial charge in [0.2, 0.25) is 0 Å². The average Bonchev–Trinajstić information content (AvgIpc) is 3.50. The maximum absolute atomic E-state index is 12.8. The highest BCUT2D eigenvalue weighted by molar-refractivity contribution is 5.94. The molecule has 4 rings (SSSR count). The largest absolute Gasteiger partial charge is 0.380 e. The fourth-order valence-electron chi connectivity index (χ4n) is 3.94. The van der Waals surface area contributed by atoms with Gasteiger partial charge in [-0.1, -0.05) is 18.2 Å². The van der Waals surface area contributed by atoms with E-state index in [2.05, 4.69) is 16.4 Å². The molecule has 0 aliphatic carbocycles. The van der Waals surface area contributed by atoms with E-state index in [1.165, 1.54) is 4.90 Å². The molecule has 2 aromatic heterocycles. The van der Waals surface area contributed by atoms with Crippen LogP contribution >= 0.6 is 0 Å². The SMILES string of the molecule is CC(NC(=O)C(C)(O)C(O)C(=O)N1Cc2cccnc2C1)c1ccc(-n2cccc2C#N)cc1. The van der Waals surface area contributed by atoms with Gasteiger partial charge in [0.05, 0.1) is 18.3 Å². The van der Waals surface area contributed by atoms with Crippen LogP contribution in [0.5, 0.6) is 0 Å². The zero-order chi connectivity index (χ0) is 24.5. The molecule has 0 bridgehead atoms. The van der Waals surface area contributed by atoms with Gasteiger partial charge in [-0.05, 0) is 55.3 Å². The highest BCUT2D eigenvalue weighted by atomic mass is 16.4. The highest BCUT2D eigenvalue weighted by Crippen LogP contribution is 2.24. The third kappa shape index (κ3) is 4.29. The van der Waals surface area contributed by atoms with Crippen LogP contribution in [0.2, 0.25) is 0 Å². The number of aliphatic hydroxyl groups is 2. The van der Waals surface area contributed by atoms with Crippen LogP contribution < -0.4 is 5.32 Å². The maximum Gasteiger partial charge on any atom is 0.255 e. The van der Waals surface area contributed by atoms with Crippen molar-refractivity contribution in [1.82, 2.24) is 19.8 Å². The van der Waals surface area contributed by atoms with Gasteiger partial charge in [-0.2, -0.15) is 5.26 Å². The number of carbonyl (C=O) groups is 2. The smallest absolute Gasteiger partial charge is 0.255 e. The van der Waals surface area contributed by atoms with E-state index in [1.54, 1.807) is 54.2 Å². The summed E-state index contributed by atoms with van der Waals surface area (Å²) in [5, 5.41) is 33.2. The van der Waals surface area contributed by atoms with E-state index in [-0.39, 0.29) is 13.1 Å². The summed E-state index contributed by atoms with van der Waals surface area (Å²) in [6.07, 6.45) is 1.47. The van der Waals surface area contributed by atoms with E-state index < -0.39 is 29.6 Å². The molecule has 1 aliphatic heterocycles. The van der Waals surface area contributed by atoms with Gasteiger partial charge in [-0.25, -0.2) is 0 Å². The first-order valence-corrected chi connectivity index (χ1v) is 10.8. The topological polar surface area (TPSA) is 131 Å². The van der Waals surface area contributed by atoms with Gasteiger partial charge in [0.25, 0.3) is 11.8 Å². The van der Waals surface area contributed by atoms with Crippen molar-refractivity contribution in [2.75, 3.05) is 0 Å². The van der Waals surface area contributed by atoms with Crippen molar-refractivity contribution < 1.29 is 19.8 Å². The molecule has 3 heterocycles. The van der Waals surface area contributed by atoms with Crippen LogP contribution in [0.1, 0.15) is 42.4 Å². The Kier molecular flexibility index (Phi) is 6.20. The van der Waals surface area contributed by atoms with Gasteiger partial charge in [0.1, 0.15) is 11.8 Å². The molecule has 1 aliphatic rings. The molecule has 2 amide bonds. The van der Waals surface area contributed by atoms with Crippen molar-refractivity contribution in [1.29, 1.82) is 5.26 Å². The lowest BCUT2D eigenvalue weighted by Gasteiger charge is -2.31. The van der Waals surface area contributed by atoms with E-state index in [0.29, 0.717) is 5.69 Å². The molecule has 9 nitrogen and oxygen atoms in total. The number of rotatable bonds is 6. The lowest BCUT2D eigenvalue weighted by Crippen LogP contribution is -2.58. The third-order valence-electron chi connectivity index (χ3n) is 6.11. The van der Waals surface area contributed by atoms with Gasteiger partial charge in [-0.3, -0.25) is 14.6 Å². The zero-order valence-corrected chi connectivity index (χ0v) is 18.8. The number of aliphatic hydroxyl groups excluding tert-OH is 1. The Hall–Kier alpha value is -4.00. The number of amides is 2. The molecule has 0 fully saturated rings. The van der Waals surface area contributed by atoms with Gasteiger partial charge in [-0.15, -0.1) is 0 Å². The van der Waals surface area contributed by atoms with Crippen LogP contribution in [0.25, 0.3) is 5.69 Å². The fraction of sp³-hybridized carbons (Fsp3) is 0.280. The van der Waals surface area contributed by atoms with Gasteiger partial charge in [0, 0.05) is 24.6 Å². The van der Waals surface area contributed by atoms with Crippen LogP contribution in [0.15, 0.2) is 60.9 Å². The Morgan fingerprint density at radius 3 is 2.59 bits per heavy atom. The van der Waals surface area contributed by atoms with Crippen molar-refractivity contribution in [3.05, 3.63) is 83.4 Å². The summed E-state index contributed by atoms with van der Waals surface area (Å²) < 4.78 is 1.74. The molecule has 0 spiro atoms. The van der Waals surface area contributed by atoms with Crippen LogP contribution in [-0.2, 0) is 22.7 Å². The molecule has 9 heteroatoms. The normalized spacial score (nSPS) is 16.1. The zero-order valence-electron chi connectivity index (χ0n) is 18.8. The number of fused-ring (bicyclic) bond motifs is 1. The second kappa shape index (κ2) is 9.09. The molecule has 174 valence electrons. The van der Waals surface area contributed by atoms with E-state index in [1.807, 2.05) is 18.2 Å². The Morgan fingerprint density at radius 2 is 1.91 bits per heavy atom. The lowest BCUT2D eigenvalue weighted by molar-refractivity contribution is -0.166. The number of hydrogen-bond donors (Lipinski definition) is 3. The van der Waals surface area contributed by atoms with E-state index in [9.17, 15) is 25.1 Å². The highest BCUT2D eigenvalue weighted by Gasteiger charge is 2.45. The predicted octanol–water partition coefficient (Wildman–Crippen LogP) is 1.58. The number of carbonyl (C=O) groups excluding carboxylic acids is 2. The summed E-state index contributed by atoms with van der Waals surface area (Å²) >= 11 is 0. The Morgan fingerprint density at radius 1 is 1.18 bits per heavy atom. The molecule has 0 saturated carbocycles. The maximum atomic E-state index is 12.8. The average molecular weight is 460 g/mol. The Balaban J connectivity index is 1.41. The molecule has 3 aromatic rings. The van der Waals surface area contributed by atoms with Gasteiger partial charge in [0.15, 0.2) is 11.7 Å². The molecule has 3 N–H and O–H groups in total. The number of pyridine rings is 1. The molecule has 1 aromatic carbocycles. The predicted molar refractivity (Wildman–Crippen MR) is 122 cm³/mol. The van der Waals surface area contributed by atoms with Gasteiger partial charge >= 0.3 is 0 Å². The molecule has 34 heavy (non-hydrogen) atoms. The second-order valence-electron chi connectivity index (χ2n) is 8.52. The summed E-state index contributed by atoms with van der Waals surface area (Å²) in [7, 11) is 0. The monoisotopic (exact) mass is 459 g/mol. The standard InChI is InChI=1S/C25H25N5O4/c1-16(17-7-9-19(10-8-17)30-12-4-6-20(30)13-26)28-24(33)25(2,34)22(31)23(32)29-14-18-5-3-11-27-21(18)15-29/h3-12,16,22,31,34H,14-15H2,1-2H3,(H,28,33). The number of hydrogen-bond acceptors (Lipinski definition) is 6.